The Morgan fingerprint density at radius 3 is 1.41 bits per heavy atom. The quantitative estimate of drug-likeness (QED) is 0.478. The SMILES string of the molecule is CC(C)(C)C1=CC2(C(C)(C)C)C=C(C(C)(C)C)C1C(=O)C2=O. The fourth-order valence-electron chi connectivity index (χ4n) is 3.69. The monoisotopic (exact) mass is 302 g/mol. The minimum absolute atomic E-state index is 0.123. The third kappa shape index (κ3) is 2.23. The minimum atomic E-state index is -0.802. The molecule has 0 saturated carbocycles. The third-order valence-electron chi connectivity index (χ3n) is 5.22. The van der Waals surface area contributed by atoms with Gasteiger partial charge in [-0.1, -0.05) is 85.6 Å². The van der Waals surface area contributed by atoms with Crippen molar-refractivity contribution in [1.29, 1.82) is 0 Å². The van der Waals surface area contributed by atoms with Crippen molar-refractivity contribution in [3.63, 3.8) is 0 Å². The zero-order valence-corrected chi connectivity index (χ0v) is 15.5. The molecule has 0 heterocycles. The first-order valence-electron chi connectivity index (χ1n) is 8.18. The Bertz CT molecular complexity index is 563. The van der Waals surface area contributed by atoms with Crippen LogP contribution in [0.15, 0.2) is 23.3 Å². The van der Waals surface area contributed by atoms with Crippen LogP contribution >= 0.6 is 0 Å². The lowest BCUT2D eigenvalue weighted by Gasteiger charge is -2.52. The molecule has 0 radical (unpaired) electrons. The molecule has 0 amide bonds. The Balaban J connectivity index is 2.85. The van der Waals surface area contributed by atoms with Crippen LogP contribution in [0, 0.1) is 27.6 Å². The average Bonchev–Trinajstić information content (AvgIpc) is 2.30. The molecule has 0 N–H and O–H groups in total. The van der Waals surface area contributed by atoms with Gasteiger partial charge in [0.05, 0.1) is 11.3 Å². The molecule has 2 nitrogen and oxygen atoms in total. The number of hydrogen-bond donors (Lipinski definition) is 0. The summed E-state index contributed by atoms with van der Waals surface area (Å²) in [5, 5.41) is 0. The normalized spacial score (nSPS) is 29.6. The summed E-state index contributed by atoms with van der Waals surface area (Å²) in [4.78, 5) is 25.8. The summed E-state index contributed by atoms with van der Waals surface area (Å²) in [5.41, 5.74) is 0.853. The first-order chi connectivity index (χ1) is 9.63. The summed E-state index contributed by atoms with van der Waals surface area (Å²) >= 11 is 0. The van der Waals surface area contributed by atoms with Crippen LogP contribution in [0.4, 0.5) is 0 Å². The fraction of sp³-hybridized carbons (Fsp3) is 0.700. The molecule has 0 aromatic heterocycles. The Hall–Kier alpha value is -1.18. The highest BCUT2D eigenvalue weighted by atomic mass is 16.2. The van der Waals surface area contributed by atoms with Crippen molar-refractivity contribution in [2.45, 2.75) is 62.3 Å². The number of allylic oxidation sites excluding steroid dienone is 4. The van der Waals surface area contributed by atoms with Crippen LogP contribution in [0.5, 0.6) is 0 Å². The largest absolute Gasteiger partial charge is 0.290 e. The predicted molar refractivity (Wildman–Crippen MR) is 90.5 cm³/mol. The number of fused-ring (bicyclic) bond motifs is 1. The van der Waals surface area contributed by atoms with Gasteiger partial charge in [-0.15, -0.1) is 0 Å². The second-order valence-corrected chi connectivity index (χ2v) is 9.94. The van der Waals surface area contributed by atoms with Crippen LogP contribution in [-0.2, 0) is 9.59 Å². The highest BCUT2D eigenvalue weighted by Crippen LogP contribution is 2.58. The van der Waals surface area contributed by atoms with Crippen molar-refractivity contribution >= 4 is 11.6 Å². The van der Waals surface area contributed by atoms with Crippen molar-refractivity contribution in [2.24, 2.45) is 27.6 Å². The maximum atomic E-state index is 12.9. The van der Waals surface area contributed by atoms with Crippen molar-refractivity contribution < 1.29 is 9.59 Å². The van der Waals surface area contributed by atoms with Crippen molar-refractivity contribution in [3.05, 3.63) is 23.3 Å². The van der Waals surface area contributed by atoms with Gasteiger partial charge in [0, 0.05) is 0 Å². The molecule has 2 heteroatoms. The molecular formula is C20H30O2. The van der Waals surface area contributed by atoms with Gasteiger partial charge >= 0.3 is 0 Å². The summed E-state index contributed by atoms with van der Waals surface area (Å²) in [6.45, 7) is 19.0. The van der Waals surface area contributed by atoms with Crippen LogP contribution in [-0.4, -0.2) is 11.6 Å². The molecule has 0 aromatic carbocycles. The van der Waals surface area contributed by atoms with Gasteiger partial charge in [-0.3, -0.25) is 9.59 Å². The van der Waals surface area contributed by atoms with Gasteiger partial charge in [-0.2, -0.15) is 0 Å². The molecule has 0 fully saturated rings. The van der Waals surface area contributed by atoms with E-state index in [0.717, 1.165) is 11.1 Å². The van der Waals surface area contributed by atoms with Crippen LogP contribution < -0.4 is 0 Å². The van der Waals surface area contributed by atoms with Crippen LogP contribution in [0.3, 0.4) is 0 Å². The Kier molecular flexibility index (Phi) is 3.46. The summed E-state index contributed by atoms with van der Waals surface area (Å²) in [6, 6.07) is 0. The average molecular weight is 302 g/mol. The maximum Gasteiger partial charge on any atom is 0.213 e. The molecule has 122 valence electrons. The van der Waals surface area contributed by atoms with Gasteiger partial charge in [-0.25, -0.2) is 0 Å². The lowest BCUT2D eigenvalue weighted by Crippen LogP contribution is -2.55. The summed E-state index contributed by atoms with van der Waals surface area (Å²) in [7, 11) is 0. The number of carbonyl (C=O) groups excluding carboxylic acids is 2. The van der Waals surface area contributed by atoms with Gasteiger partial charge in [-0.05, 0) is 16.2 Å². The summed E-state index contributed by atoms with van der Waals surface area (Å²) in [5.74, 6) is -0.808. The maximum absolute atomic E-state index is 12.9. The fourth-order valence-corrected chi connectivity index (χ4v) is 3.69. The molecule has 0 unspecified atom stereocenters. The molecule has 0 atom stereocenters. The lowest BCUT2D eigenvalue weighted by molar-refractivity contribution is -0.146. The van der Waals surface area contributed by atoms with E-state index in [0.29, 0.717) is 0 Å². The van der Waals surface area contributed by atoms with Gasteiger partial charge in [0.15, 0.2) is 0 Å². The zero-order valence-electron chi connectivity index (χ0n) is 15.5. The van der Waals surface area contributed by atoms with E-state index in [4.69, 9.17) is 0 Å². The molecule has 0 aromatic rings. The molecule has 0 saturated heterocycles. The van der Waals surface area contributed by atoms with Crippen LogP contribution in [0.25, 0.3) is 0 Å². The van der Waals surface area contributed by atoms with Crippen LogP contribution in [0.2, 0.25) is 0 Å². The molecule has 3 aliphatic carbocycles. The van der Waals surface area contributed by atoms with Gasteiger partial charge in [0.1, 0.15) is 0 Å². The first kappa shape index (κ1) is 17.2. The first-order valence-corrected chi connectivity index (χ1v) is 8.18. The zero-order chi connectivity index (χ0) is 17.3. The van der Waals surface area contributed by atoms with E-state index in [-0.39, 0.29) is 33.7 Å². The topological polar surface area (TPSA) is 34.1 Å². The van der Waals surface area contributed by atoms with Gasteiger partial charge in [0.2, 0.25) is 11.6 Å². The minimum Gasteiger partial charge on any atom is -0.290 e. The lowest BCUT2D eigenvalue weighted by atomic mass is 9.49. The van der Waals surface area contributed by atoms with E-state index in [1.54, 1.807) is 0 Å². The highest BCUT2D eigenvalue weighted by molar-refractivity contribution is 6.44. The predicted octanol–water partition coefficient (Wildman–Crippen LogP) is 4.75. The second-order valence-electron chi connectivity index (χ2n) is 9.94. The molecule has 22 heavy (non-hydrogen) atoms. The van der Waals surface area contributed by atoms with E-state index in [9.17, 15) is 9.59 Å². The number of ketones is 2. The smallest absolute Gasteiger partial charge is 0.213 e. The third-order valence-corrected chi connectivity index (χ3v) is 5.22. The standard InChI is InChI=1S/C20H30O2/c1-17(2,3)12-10-20(19(7,8)9)11-13(18(4,5)6)14(12)15(21)16(20)22/h10-11,14H,1-9H3. The van der Waals surface area contributed by atoms with E-state index in [1.165, 1.54) is 0 Å². The van der Waals surface area contributed by atoms with Gasteiger partial charge in [0.25, 0.3) is 0 Å². The summed E-state index contributed by atoms with van der Waals surface area (Å²) in [6.07, 6.45) is 4.22. The molecule has 0 aliphatic heterocycles. The molecule has 2 bridgehead atoms. The van der Waals surface area contributed by atoms with Crippen molar-refractivity contribution in [3.8, 4) is 0 Å². The molecule has 3 rings (SSSR count). The van der Waals surface area contributed by atoms with E-state index < -0.39 is 5.41 Å². The number of Topliss-reactive ketones (excluding diaryl/α,β-unsaturated/α-hetero) is 2. The Labute approximate surface area is 135 Å². The van der Waals surface area contributed by atoms with Crippen LogP contribution in [0.1, 0.15) is 62.3 Å². The molecular weight excluding hydrogens is 272 g/mol. The van der Waals surface area contributed by atoms with Crippen molar-refractivity contribution in [2.75, 3.05) is 0 Å². The number of carbonyl (C=O) groups is 2. The Morgan fingerprint density at radius 2 is 1.14 bits per heavy atom. The number of hydrogen-bond acceptors (Lipinski definition) is 2. The van der Waals surface area contributed by atoms with E-state index >= 15 is 0 Å². The summed E-state index contributed by atoms with van der Waals surface area (Å²) < 4.78 is 0. The number of rotatable bonds is 0. The molecule has 3 aliphatic rings. The van der Waals surface area contributed by atoms with Gasteiger partial charge < -0.3 is 0 Å². The molecule has 0 spiro atoms. The Morgan fingerprint density at radius 1 is 0.773 bits per heavy atom. The van der Waals surface area contributed by atoms with E-state index in [1.807, 2.05) is 0 Å². The second kappa shape index (κ2) is 4.43. The van der Waals surface area contributed by atoms with E-state index in [2.05, 4.69) is 74.5 Å². The van der Waals surface area contributed by atoms with Crippen molar-refractivity contribution in [1.82, 2.24) is 0 Å². The highest BCUT2D eigenvalue weighted by Gasteiger charge is 2.59.